The summed E-state index contributed by atoms with van der Waals surface area (Å²) in [6, 6.07) is 13.9. The van der Waals surface area contributed by atoms with Gasteiger partial charge in [-0.25, -0.2) is 0 Å². The zero-order valence-electron chi connectivity index (χ0n) is 14.4. The SMILES string of the molecule is CCCCN1C(=O)c2oc3ccccc3c(=O)c2C1c1ccc(Cl)cc1. The van der Waals surface area contributed by atoms with Gasteiger partial charge in [0.2, 0.25) is 5.76 Å². The lowest BCUT2D eigenvalue weighted by molar-refractivity contribution is 0.0725. The van der Waals surface area contributed by atoms with Crippen molar-refractivity contribution in [2.45, 2.75) is 25.8 Å². The van der Waals surface area contributed by atoms with Crippen molar-refractivity contribution in [3.05, 3.63) is 80.7 Å². The van der Waals surface area contributed by atoms with E-state index in [1.807, 2.05) is 12.1 Å². The zero-order valence-corrected chi connectivity index (χ0v) is 15.1. The van der Waals surface area contributed by atoms with Crippen LogP contribution in [0.1, 0.15) is 47.5 Å². The first kappa shape index (κ1) is 16.9. The van der Waals surface area contributed by atoms with Gasteiger partial charge in [0.05, 0.1) is 17.0 Å². The molecule has 5 heteroatoms. The topological polar surface area (TPSA) is 50.5 Å². The minimum Gasteiger partial charge on any atom is -0.450 e. The zero-order chi connectivity index (χ0) is 18.3. The maximum atomic E-state index is 13.2. The second kappa shape index (κ2) is 6.61. The van der Waals surface area contributed by atoms with Crippen LogP contribution in [0.2, 0.25) is 5.02 Å². The van der Waals surface area contributed by atoms with Crippen molar-refractivity contribution < 1.29 is 9.21 Å². The molecule has 1 aliphatic heterocycles. The van der Waals surface area contributed by atoms with Crippen molar-refractivity contribution in [1.82, 2.24) is 4.90 Å². The van der Waals surface area contributed by atoms with E-state index in [1.54, 1.807) is 41.3 Å². The fourth-order valence-corrected chi connectivity index (χ4v) is 3.64. The smallest absolute Gasteiger partial charge is 0.290 e. The molecule has 132 valence electrons. The fraction of sp³-hybridized carbons (Fsp3) is 0.238. The van der Waals surface area contributed by atoms with Crippen molar-refractivity contribution in [3.8, 4) is 0 Å². The van der Waals surface area contributed by atoms with Gasteiger partial charge in [-0.2, -0.15) is 0 Å². The molecular weight excluding hydrogens is 350 g/mol. The minimum atomic E-state index is -0.442. The fourth-order valence-electron chi connectivity index (χ4n) is 3.52. The largest absolute Gasteiger partial charge is 0.450 e. The number of hydrogen-bond donors (Lipinski definition) is 0. The Morgan fingerprint density at radius 2 is 1.81 bits per heavy atom. The lowest BCUT2D eigenvalue weighted by Gasteiger charge is -2.25. The summed E-state index contributed by atoms with van der Waals surface area (Å²) < 4.78 is 5.87. The average Bonchev–Trinajstić information content (AvgIpc) is 2.93. The first-order valence-corrected chi connectivity index (χ1v) is 9.11. The highest BCUT2D eigenvalue weighted by Gasteiger charge is 2.42. The number of halogens is 1. The number of hydrogen-bond acceptors (Lipinski definition) is 3. The monoisotopic (exact) mass is 367 g/mol. The Balaban J connectivity index is 1.96. The number of carbonyl (C=O) groups is 1. The Hall–Kier alpha value is -2.59. The number of unbranched alkanes of at least 4 members (excludes halogenated alkanes) is 1. The number of nitrogens with zero attached hydrogens (tertiary/aromatic N) is 1. The number of benzene rings is 2. The molecule has 4 nitrogen and oxygen atoms in total. The number of para-hydroxylation sites is 1. The van der Waals surface area contributed by atoms with Crippen LogP contribution in [0.4, 0.5) is 0 Å². The normalized spacial score (nSPS) is 16.3. The molecule has 1 amide bonds. The van der Waals surface area contributed by atoms with E-state index in [9.17, 15) is 9.59 Å². The van der Waals surface area contributed by atoms with E-state index in [1.165, 1.54) is 0 Å². The van der Waals surface area contributed by atoms with Crippen LogP contribution in [0.25, 0.3) is 11.0 Å². The maximum Gasteiger partial charge on any atom is 0.290 e. The molecule has 3 aromatic rings. The van der Waals surface area contributed by atoms with Gasteiger partial charge in [-0.1, -0.05) is 49.2 Å². The van der Waals surface area contributed by atoms with Crippen molar-refractivity contribution in [2.24, 2.45) is 0 Å². The molecule has 0 bridgehead atoms. The van der Waals surface area contributed by atoms with E-state index in [-0.39, 0.29) is 17.1 Å². The molecule has 0 radical (unpaired) electrons. The van der Waals surface area contributed by atoms with Crippen molar-refractivity contribution in [1.29, 1.82) is 0 Å². The van der Waals surface area contributed by atoms with Gasteiger partial charge in [-0.05, 0) is 36.2 Å². The van der Waals surface area contributed by atoms with E-state index >= 15 is 0 Å². The molecular formula is C21H18ClNO3. The standard InChI is InChI=1S/C21H18ClNO3/c1-2-3-12-23-18(13-8-10-14(22)11-9-13)17-19(24)15-6-4-5-7-16(15)26-20(17)21(23)25/h4-11,18H,2-3,12H2,1H3. The second-order valence-electron chi connectivity index (χ2n) is 6.48. The van der Waals surface area contributed by atoms with Gasteiger partial charge in [-0.15, -0.1) is 0 Å². The van der Waals surface area contributed by atoms with Crippen LogP contribution in [0.5, 0.6) is 0 Å². The van der Waals surface area contributed by atoms with Crippen LogP contribution in [-0.4, -0.2) is 17.4 Å². The first-order chi connectivity index (χ1) is 12.6. The van der Waals surface area contributed by atoms with Crippen LogP contribution in [-0.2, 0) is 0 Å². The molecule has 1 aliphatic rings. The molecule has 2 heterocycles. The van der Waals surface area contributed by atoms with Crippen LogP contribution in [0.3, 0.4) is 0 Å². The van der Waals surface area contributed by atoms with Gasteiger partial charge in [0.25, 0.3) is 5.91 Å². The predicted molar refractivity (Wildman–Crippen MR) is 102 cm³/mol. The summed E-state index contributed by atoms with van der Waals surface area (Å²) in [5.41, 5.74) is 1.58. The van der Waals surface area contributed by atoms with Gasteiger partial charge in [-0.3, -0.25) is 9.59 Å². The molecule has 0 fully saturated rings. The highest BCUT2D eigenvalue weighted by Crippen LogP contribution is 2.38. The summed E-state index contributed by atoms with van der Waals surface area (Å²) in [5.74, 6) is -0.0685. The van der Waals surface area contributed by atoms with E-state index in [0.717, 1.165) is 18.4 Å². The van der Waals surface area contributed by atoms with Crippen molar-refractivity contribution >= 4 is 28.5 Å². The molecule has 0 N–H and O–H groups in total. The third kappa shape index (κ3) is 2.61. The lowest BCUT2D eigenvalue weighted by atomic mass is 9.98. The average molecular weight is 368 g/mol. The molecule has 1 unspecified atom stereocenters. The van der Waals surface area contributed by atoms with Gasteiger partial charge < -0.3 is 9.32 Å². The summed E-state index contributed by atoms with van der Waals surface area (Å²) in [6.07, 6.45) is 1.81. The number of fused-ring (bicyclic) bond motifs is 2. The molecule has 0 spiro atoms. The van der Waals surface area contributed by atoms with Gasteiger partial charge in [0.1, 0.15) is 5.58 Å². The van der Waals surface area contributed by atoms with Crippen molar-refractivity contribution in [3.63, 3.8) is 0 Å². The molecule has 4 rings (SSSR count). The molecule has 1 atom stereocenters. The highest BCUT2D eigenvalue weighted by atomic mass is 35.5. The summed E-state index contributed by atoms with van der Waals surface area (Å²) in [4.78, 5) is 27.9. The lowest BCUT2D eigenvalue weighted by Crippen LogP contribution is -2.30. The van der Waals surface area contributed by atoms with Crippen LogP contribution in [0.15, 0.2) is 57.7 Å². The van der Waals surface area contributed by atoms with Crippen molar-refractivity contribution in [2.75, 3.05) is 6.54 Å². The summed E-state index contributed by atoms with van der Waals surface area (Å²) in [5, 5.41) is 1.11. The van der Waals surface area contributed by atoms with Gasteiger partial charge in [0.15, 0.2) is 5.43 Å². The van der Waals surface area contributed by atoms with Crippen LogP contribution < -0.4 is 5.43 Å². The molecule has 0 saturated carbocycles. The summed E-state index contributed by atoms with van der Waals surface area (Å²) >= 11 is 6.02. The van der Waals surface area contributed by atoms with E-state index in [0.29, 0.717) is 28.1 Å². The van der Waals surface area contributed by atoms with E-state index in [2.05, 4.69) is 6.92 Å². The Labute approximate surface area is 156 Å². The highest BCUT2D eigenvalue weighted by molar-refractivity contribution is 6.30. The Bertz CT molecular complexity index is 1040. The molecule has 2 aromatic carbocycles. The summed E-state index contributed by atoms with van der Waals surface area (Å²) in [7, 11) is 0. The van der Waals surface area contributed by atoms with E-state index in [4.69, 9.17) is 16.0 Å². The Kier molecular flexibility index (Phi) is 4.29. The van der Waals surface area contributed by atoms with Gasteiger partial charge >= 0.3 is 0 Å². The number of amides is 1. The first-order valence-electron chi connectivity index (χ1n) is 8.74. The third-order valence-electron chi connectivity index (χ3n) is 4.81. The maximum absolute atomic E-state index is 13.2. The Morgan fingerprint density at radius 3 is 2.54 bits per heavy atom. The molecule has 1 aromatic heterocycles. The molecule has 26 heavy (non-hydrogen) atoms. The Morgan fingerprint density at radius 1 is 1.08 bits per heavy atom. The van der Waals surface area contributed by atoms with Crippen LogP contribution in [0, 0.1) is 0 Å². The third-order valence-corrected chi connectivity index (χ3v) is 5.06. The predicted octanol–water partition coefficient (Wildman–Crippen LogP) is 4.79. The minimum absolute atomic E-state index is 0.144. The summed E-state index contributed by atoms with van der Waals surface area (Å²) in [6.45, 7) is 2.64. The van der Waals surface area contributed by atoms with Crippen LogP contribution >= 0.6 is 11.6 Å². The quantitative estimate of drug-likeness (QED) is 0.666. The second-order valence-corrected chi connectivity index (χ2v) is 6.91. The number of carbonyl (C=O) groups excluding carboxylic acids is 1. The van der Waals surface area contributed by atoms with E-state index < -0.39 is 6.04 Å². The molecule has 0 aliphatic carbocycles. The molecule has 0 saturated heterocycles. The number of rotatable bonds is 4. The van der Waals surface area contributed by atoms with Gasteiger partial charge in [0, 0.05) is 11.6 Å².